The largest absolute Gasteiger partial charge is 0.516 e. The second kappa shape index (κ2) is 3.04. The van der Waals surface area contributed by atoms with E-state index in [-0.39, 0.29) is 22.3 Å². The van der Waals surface area contributed by atoms with Crippen molar-refractivity contribution in [3.63, 3.8) is 0 Å². The SMILES string of the molecule is CC(C)(C)OC(=O)[N+]12CCC(C1)C(=O)C2. The highest BCUT2D eigenvalue weighted by atomic mass is 16.6. The first-order valence-electron chi connectivity index (χ1n) is 5.45. The Morgan fingerprint density at radius 3 is 2.53 bits per heavy atom. The van der Waals surface area contributed by atoms with E-state index in [0.717, 1.165) is 13.0 Å². The number of ketones is 1. The maximum Gasteiger partial charge on any atom is 0.516 e. The van der Waals surface area contributed by atoms with Gasteiger partial charge >= 0.3 is 6.09 Å². The Labute approximate surface area is 89.8 Å². The van der Waals surface area contributed by atoms with Gasteiger partial charge in [0, 0.05) is 6.42 Å². The second-order valence-corrected chi connectivity index (χ2v) is 5.64. The molecule has 0 aromatic carbocycles. The Balaban J connectivity index is 2.11. The van der Waals surface area contributed by atoms with Gasteiger partial charge < -0.3 is 4.74 Å². The predicted molar refractivity (Wildman–Crippen MR) is 54.2 cm³/mol. The van der Waals surface area contributed by atoms with Gasteiger partial charge in [0.05, 0.1) is 19.0 Å². The number of hydrogen-bond donors (Lipinski definition) is 0. The Kier molecular flexibility index (Phi) is 2.15. The van der Waals surface area contributed by atoms with Crippen molar-refractivity contribution in [3.8, 4) is 0 Å². The molecule has 1 amide bonds. The third-order valence-electron chi connectivity index (χ3n) is 3.17. The molecule has 15 heavy (non-hydrogen) atoms. The number of Topliss-reactive ketones (excluding diaryl/α,β-unsaturated/α-hetero) is 1. The lowest BCUT2D eigenvalue weighted by molar-refractivity contribution is -0.832. The van der Waals surface area contributed by atoms with Gasteiger partial charge in [-0.25, -0.2) is 4.48 Å². The van der Waals surface area contributed by atoms with E-state index in [1.54, 1.807) is 0 Å². The van der Waals surface area contributed by atoms with Crippen LogP contribution in [-0.4, -0.2) is 41.6 Å². The second-order valence-electron chi connectivity index (χ2n) is 5.64. The zero-order valence-electron chi connectivity index (χ0n) is 9.58. The van der Waals surface area contributed by atoms with Crippen LogP contribution in [0.3, 0.4) is 0 Å². The Morgan fingerprint density at radius 2 is 2.13 bits per heavy atom. The van der Waals surface area contributed by atoms with Crippen molar-refractivity contribution in [1.29, 1.82) is 0 Å². The lowest BCUT2D eigenvalue weighted by atomic mass is 10.1. The molecule has 84 valence electrons. The van der Waals surface area contributed by atoms with E-state index >= 15 is 0 Å². The van der Waals surface area contributed by atoms with Crippen molar-refractivity contribution >= 4 is 11.9 Å². The first-order valence-corrected chi connectivity index (χ1v) is 5.45. The van der Waals surface area contributed by atoms with Gasteiger partial charge in [0.25, 0.3) is 0 Å². The topological polar surface area (TPSA) is 43.4 Å². The Morgan fingerprint density at radius 1 is 1.47 bits per heavy atom. The van der Waals surface area contributed by atoms with Gasteiger partial charge in [0.1, 0.15) is 12.1 Å². The van der Waals surface area contributed by atoms with Crippen LogP contribution in [0.5, 0.6) is 0 Å². The van der Waals surface area contributed by atoms with Crippen LogP contribution in [0.2, 0.25) is 0 Å². The smallest absolute Gasteiger partial charge is 0.414 e. The average molecular weight is 212 g/mol. The zero-order valence-corrected chi connectivity index (χ0v) is 9.58. The summed E-state index contributed by atoms with van der Waals surface area (Å²) in [5, 5.41) is 0. The van der Waals surface area contributed by atoms with E-state index < -0.39 is 5.60 Å². The number of quaternary nitrogens is 1. The van der Waals surface area contributed by atoms with Crippen molar-refractivity contribution in [3.05, 3.63) is 0 Å². The summed E-state index contributed by atoms with van der Waals surface area (Å²) >= 11 is 0. The summed E-state index contributed by atoms with van der Waals surface area (Å²) in [6.07, 6.45) is 0.619. The Hall–Kier alpha value is -0.900. The summed E-state index contributed by atoms with van der Waals surface area (Å²) in [5.41, 5.74) is -0.464. The maximum absolute atomic E-state index is 12.0. The summed E-state index contributed by atoms with van der Waals surface area (Å²) < 4.78 is 5.61. The molecule has 2 saturated heterocycles. The lowest BCUT2D eigenvalue weighted by Crippen LogP contribution is -2.52. The highest BCUT2D eigenvalue weighted by Gasteiger charge is 2.57. The monoisotopic (exact) mass is 212 g/mol. The number of hydrogen-bond acceptors (Lipinski definition) is 3. The van der Waals surface area contributed by atoms with Crippen LogP contribution in [0.1, 0.15) is 27.2 Å². The summed E-state index contributed by atoms with van der Waals surface area (Å²) in [4.78, 5) is 23.5. The van der Waals surface area contributed by atoms with E-state index in [4.69, 9.17) is 4.74 Å². The minimum atomic E-state index is -0.464. The van der Waals surface area contributed by atoms with Crippen LogP contribution in [0.15, 0.2) is 0 Å². The van der Waals surface area contributed by atoms with Gasteiger partial charge in [-0.3, -0.25) is 4.79 Å². The molecular weight excluding hydrogens is 194 g/mol. The summed E-state index contributed by atoms with van der Waals surface area (Å²) in [6.45, 7) is 7.34. The lowest BCUT2D eigenvalue weighted by Gasteiger charge is -2.30. The van der Waals surface area contributed by atoms with E-state index in [9.17, 15) is 9.59 Å². The van der Waals surface area contributed by atoms with E-state index in [2.05, 4.69) is 0 Å². The molecule has 2 aliphatic rings. The molecule has 2 atom stereocenters. The molecule has 0 saturated carbocycles. The number of fused-ring (bicyclic) bond motifs is 2. The van der Waals surface area contributed by atoms with E-state index in [1.807, 2.05) is 20.8 Å². The normalized spacial score (nSPS) is 34.6. The van der Waals surface area contributed by atoms with Crippen LogP contribution in [-0.2, 0) is 9.53 Å². The van der Waals surface area contributed by atoms with Gasteiger partial charge in [-0.2, -0.15) is 4.79 Å². The molecule has 4 heteroatoms. The van der Waals surface area contributed by atoms with E-state index in [0.29, 0.717) is 13.1 Å². The molecule has 2 heterocycles. The van der Waals surface area contributed by atoms with Crippen LogP contribution in [0.4, 0.5) is 4.79 Å². The number of carbonyl (C=O) groups excluding carboxylic acids is 2. The molecular formula is C11H18NO3+. The molecule has 4 nitrogen and oxygen atoms in total. The van der Waals surface area contributed by atoms with E-state index in [1.165, 1.54) is 0 Å². The quantitative estimate of drug-likeness (QED) is 0.569. The molecule has 2 bridgehead atoms. The minimum Gasteiger partial charge on any atom is -0.414 e. The number of rotatable bonds is 0. The summed E-state index contributed by atoms with van der Waals surface area (Å²) in [6, 6.07) is 0. The van der Waals surface area contributed by atoms with Gasteiger partial charge in [-0.15, -0.1) is 0 Å². The molecule has 0 aromatic heterocycles. The molecule has 2 fully saturated rings. The molecule has 2 rings (SSSR count). The van der Waals surface area contributed by atoms with Crippen molar-refractivity contribution in [2.75, 3.05) is 19.6 Å². The van der Waals surface area contributed by atoms with Crippen molar-refractivity contribution in [2.24, 2.45) is 5.92 Å². The predicted octanol–water partition coefficient (Wildman–Crippen LogP) is 1.34. The van der Waals surface area contributed by atoms with Gasteiger partial charge in [-0.05, 0) is 20.8 Å². The van der Waals surface area contributed by atoms with Gasteiger partial charge in [0.2, 0.25) is 0 Å². The molecule has 2 unspecified atom stereocenters. The van der Waals surface area contributed by atoms with Crippen LogP contribution >= 0.6 is 0 Å². The fraction of sp³-hybridized carbons (Fsp3) is 0.818. The van der Waals surface area contributed by atoms with Crippen LogP contribution < -0.4 is 0 Å². The molecule has 0 radical (unpaired) electrons. The minimum absolute atomic E-state index is 0.109. The third-order valence-corrected chi connectivity index (χ3v) is 3.17. The first kappa shape index (κ1) is 10.6. The Bertz CT molecular complexity index is 318. The van der Waals surface area contributed by atoms with Crippen LogP contribution in [0, 0.1) is 5.92 Å². The summed E-state index contributed by atoms with van der Waals surface area (Å²) in [7, 11) is 0. The molecule has 2 aliphatic heterocycles. The molecule has 0 spiro atoms. The summed E-state index contributed by atoms with van der Waals surface area (Å²) in [5.74, 6) is 0.338. The highest BCUT2D eigenvalue weighted by molar-refractivity contribution is 5.86. The number of nitrogens with zero attached hydrogens (tertiary/aromatic N) is 1. The fourth-order valence-electron chi connectivity index (χ4n) is 2.43. The number of piperidine rings is 1. The number of amides is 1. The van der Waals surface area contributed by atoms with Gasteiger partial charge in [-0.1, -0.05) is 0 Å². The van der Waals surface area contributed by atoms with Crippen LogP contribution in [0.25, 0.3) is 0 Å². The van der Waals surface area contributed by atoms with Crippen molar-refractivity contribution < 1.29 is 18.8 Å². The number of ether oxygens (including phenoxy) is 1. The number of carbonyl (C=O) groups is 2. The zero-order chi connectivity index (χ0) is 11.3. The average Bonchev–Trinajstić information content (AvgIpc) is 2.58. The van der Waals surface area contributed by atoms with Crippen molar-refractivity contribution in [2.45, 2.75) is 32.8 Å². The highest BCUT2D eigenvalue weighted by Crippen LogP contribution is 2.34. The fourth-order valence-corrected chi connectivity index (χ4v) is 2.43. The molecule has 0 N–H and O–H groups in total. The third kappa shape index (κ3) is 1.78. The van der Waals surface area contributed by atoms with Crippen molar-refractivity contribution in [1.82, 2.24) is 0 Å². The first-order chi connectivity index (χ1) is 6.82. The standard InChI is InChI=1S/C11H18NO3/c1-11(2,3)15-10(14)12-5-4-8(6-12)9(13)7-12/h8H,4-7H2,1-3H3/q+1. The van der Waals surface area contributed by atoms with Gasteiger partial charge in [0.15, 0.2) is 5.78 Å². The maximum atomic E-state index is 12.0. The molecule has 0 aromatic rings. The molecule has 0 aliphatic carbocycles.